The highest BCUT2D eigenvalue weighted by atomic mass is 35.5. The molecule has 0 aliphatic carbocycles. The van der Waals surface area contributed by atoms with Crippen LogP contribution in [0, 0.1) is 0 Å². The number of hydrogen-bond donors (Lipinski definition) is 0. The Hall–Kier alpha value is -1.52. The number of halogens is 4. The van der Waals surface area contributed by atoms with Gasteiger partial charge >= 0.3 is 6.18 Å². The summed E-state index contributed by atoms with van der Waals surface area (Å²) < 4.78 is 38.8. The molecule has 0 atom stereocenters. The Morgan fingerprint density at radius 3 is 2.19 bits per heavy atom. The third-order valence-corrected chi connectivity index (χ3v) is 3.38. The highest BCUT2D eigenvalue weighted by molar-refractivity contribution is 6.30. The maximum atomic E-state index is 12.9. The molecular weight excluding hydrogens is 299 g/mol. The van der Waals surface area contributed by atoms with E-state index in [1.807, 2.05) is 17.0 Å². The Kier molecular flexibility index (Phi) is 4.91. The molecule has 0 saturated carbocycles. The molecule has 0 radical (unpaired) electrons. The normalized spacial score (nSPS) is 11.9. The summed E-state index contributed by atoms with van der Waals surface area (Å²) in [6.45, 7) is 0.793. The Labute approximate surface area is 127 Å². The largest absolute Gasteiger partial charge is 0.416 e. The molecule has 0 aliphatic heterocycles. The van der Waals surface area contributed by atoms with Crippen LogP contribution in [0.3, 0.4) is 0 Å². The summed E-state index contributed by atoms with van der Waals surface area (Å²) in [5.74, 6) is 0. The fraction of sp³-hybridized carbons (Fsp3) is 0.250. The number of rotatable bonds is 4. The van der Waals surface area contributed by atoms with Crippen molar-refractivity contribution in [1.29, 1.82) is 0 Å². The first kappa shape index (κ1) is 15.9. The van der Waals surface area contributed by atoms with Crippen LogP contribution in [0.4, 0.5) is 13.2 Å². The van der Waals surface area contributed by atoms with Crippen LogP contribution in [0.5, 0.6) is 0 Å². The van der Waals surface area contributed by atoms with Crippen LogP contribution in [-0.4, -0.2) is 11.9 Å². The molecule has 0 N–H and O–H groups in total. The van der Waals surface area contributed by atoms with Gasteiger partial charge in [-0.1, -0.05) is 41.9 Å². The minimum absolute atomic E-state index is 0.234. The van der Waals surface area contributed by atoms with Gasteiger partial charge in [0.25, 0.3) is 0 Å². The predicted octanol–water partition coefficient (Wildman–Crippen LogP) is 4.99. The van der Waals surface area contributed by atoms with Crippen LogP contribution >= 0.6 is 11.6 Å². The molecule has 0 aromatic heterocycles. The van der Waals surface area contributed by atoms with Gasteiger partial charge in [0.15, 0.2) is 0 Å². The number of benzene rings is 2. The first-order valence-corrected chi connectivity index (χ1v) is 6.82. The van der Waals surface area contributed by atoms with Gasteiger partial charge in [0.1, 0.15) is 0 Å². The number of alkyl halides is 3. The van der Waals surface area contributed by atoms with Crippen molar-refractivity contribution in [3.63, 3.8) is 0 Å². The Morgan fingerprint density at radius 2 is 1.57 bits per heavy atom. The standard InChI is InChI=1S/C16H15ClF3N/c1-21(10-12-6-8-14(17)9-7-12)11-13-4-2-3-5-15(13)16(18,19)20/h2-9H,10-11H2,1H3. The molecule has 112 valence electrons. The average molecular weight is 314 g/mol. The van der Waals surface area contributed by atoms with Crippen molar-refractivity contribution in [2.24, 2.45) is 0 Å². The Morgan fingerprint density at radius 1 is 0.952 bits per heavy atom. The molecule has 0 bridgehead atoms. The van der Waals surface area contributed by atoms with Gasteiger partial charge in [0.2, 0.25) is 0 Å². The van der Waals surface area contributed by atoms with Crippen molar-refractivity contribution in [1.82, 2.24) is 4.90 Å². The van der Waals surface area contributed by atoms with E-state index in [1.165, 1.54) is 12.1 Å². The van der Waals surface area contributed by atoms with Gasteiger partial charge in [-0.25, -0.2) is 0 Å². The van der Waals surface area contributed by atoms with Crippen molar-refractivity contribution < 1.29 is 13.2 Å². The van der Waals surface area contributed by atoms with Crippen molar-refractivity contribution >= 4 is 11.6 Å². The quantitative estimate of drug-likeness (QED) is 0.768. The molecule has 0 amide bonds. The second kappa shape index (κ2) is 6.50. The molecule has 2 aromatic rings. The summed E-state index contributed by atoms with van der Waals surface area (Å²) in [7, 11) is 1.79. The molecule has 2 aromatic carbocycles. The lowest BCUT2D eigenvalue weighted by Gasteiger charge is -2.20. The topological polar surface area (TPSA) is 3.24 Å². The van der Waals surface area contributed by atoms with E-state index < -0.39 is 11.7 Å². The molecule has 0 saturated heterocycles. The van der Waals surface area contributed by atoms with E-state index in [-0.39, 0.29) is 12.1 Å². The predicted molar refractivity (Wildman–Crippen MR) is 78.1 cm³/mol. The molecule has 2 rings (SSSR count). The van der Waals surface area contributed by atoms with Crippen LogP contribution in [0.15, 0.2) is 48.5 Å². The molecule has 0 unspecified atom stereocenters. The van der Waals surface area contributed by atoms with Crippen molar-refractivity contribution in [2.45, 2.75) is 19.3 Å². The first-order chi connectivity index (χ1) is 9.86. The lowest BCUT2D eigenvalue weighted by molar-refractivity contribution is -0.138. The van der Waals surface area contributed by atoms with E-state index in [0.717, 1.165) is 11.6 Å². The molecule has 0 heterocycles. The molecule has 5 heteroatoms. The van der Waals surface area contributed by atoms with Crippen LogP contribution in [0.1, 0.15) is 16.7 Å². The zero-order valence-electron chi connectivity index (χ0n) is 11.5. The minimum Gasteiger partial charge on any atom is -0.298 e. The molecule has 0 spiro atoms. The molecule has 0 fully saturated rings. The second-order valence-corrected chi connectivity index (χ2v) is 5.39. The van der Waals surface area contributed by atoms with E-state index in [0.29, 0.717) is 11.6 Å². The second-order valence-electron chi connectivity index (χ2n) is 4.95. The summed E-state index contributed by atoms with van der Waals surface area (Å²) in [6, 6.07) is 12.9. The summed E-state index contributed by atoms with van der Waals surface area (Å²) >= 11 is 5.81. The van der Waals surface area contributed by atoms with E-state index in [4.69, 9.17) is 11.6 Å². The van der Waals surface area contributed by atoms with E-state index >= 15 is 0 Å². The van der Waals surface area contributed by atoms with Gasteiger partial charge in [-0.05, 0) is 36.4 Å². The third kappa shape index (κ3) is 4.48. The summed E-state index contributed by atoms with van der Waals surface area (Å²) in [5.41, 5.74) is 0.709. The fourth-order valence-corrected chi connectivity index (χ4v) is 2.31. The van der Waals surface area contributed by atoms with Crippen molar-refractivity contribution in [3.8, 4) is 0 Å². The fourth-order valence-electron chi connectivity index (χ4n) is 2.18. The zero-order valence-corrected chi connectivity index (χ0v) is 12.2. The van der Waals surface area contributed by atoms with Gasteiger partial charge in [-0.2, -0.15) is 13.2 Å². The SMILES string of the molecule is CN(Cc1ccc(Cl)cc1)Cc1ccccc1C(F)(F)F. The maximum absolute atomic E-state index is 12.9. The van der Waals surface area contributed by atoms with Crippen LogP contribution in [0.2, 0.25) is 5.02 Å². The molecule has 0 aliphatic rings. The summed E-state index contributed by atoms with van der Waals surface area (Å²) in [4.78, 5) is 1.84. The van der Waals surface area contributed by atoms with E-state index in [2.05, 4.69) is 0 Å². The summed E-state index contributed by atoms with van der Waals surface area (Å²) in [5, 5.41) is 0.642. The van der Waals surface area contributed by atoms with Crippen LogP contribution in [0.25, 0.3) is 0 Å². The zero-order chi connectivity index (χ0) is 15.5. The third-order valence-electron chi connectivity index (χ3n) is 3.13. The Bertz CT molecular complexity index is 593. The van der Waals surface area contributed by atoms with Crippen LogP contribution < -0.4 is 0 Å². The van der Waals surface area contributed by atoms with E-state index in [9.17, 15) is 13.2 Å². The van der Waals surface area contributed by atoms with Crippen molar-refractivity contribution in [3.05, 3.63) is 70.2 Å². The minimum atomic E-state index is -4.32. The molecular formula is C16H15ClF3N. The van der Waals surface area contributed by atoms with Crippen molar-refractivity contribution in [2.75, 3.05) is 7.05 Å². The number of hydrogen-bond acceptors (Lipinski definition) is 1. The average Bonchev–Trinajstić information content (AvgIpc) is 2.41. The van der Waals surface area contributed by atoms with Gasteiger partial charge in [-0.3, -0.25) is 4.90 Å². The first-order valence-electron chi connectivity index (χ1n) is 6.44. The van der Waals surface area contributed by atoms with E-state index in [1.54, 1.807) is 25.2 Å². The smallest absolute Gasteiger partial charge is 0.298 e. The lowest BCUT2D eigenvalue weighted by Crippen LogP contribution is -2.20. The van der Waals surface area contributed by atoms with Gasteiger partial charge in [-0.15, -0.1) is 0 Å². The molecule has 1 nitrogen and oxygen atoms in total. The van der Waals surface area contributed by atoms with Gasteiger partial charge in [0, 0.05) is 18.1 Å². The maximum Gasteiger partial charge on any atom is 0.416 e. The highest BCUT2D eigenvalue weighted by Crippen LogP contribution is 2.32. The Balaban J connectivity index is 2.09. The van der Waals surface area contributed by atoms with Crippen LogP contribution in [-0.2, 0) is 19.3 Å². The van der Waals surface area contributed by atoms with Gasteiger partial charge < -0.3 is 0 Å². The van der Waals surface area contributed by atoms with Gasteiger partial charge in [0.05, 0.1) is 5.56 Å². The highest BCUT2D eigenvalue weighted by Gasteiger charge is 2.32. The monoisotopic (exact) mass is 313 g/mol. The number of nitrogens with zero attached hydrogens (tertiary/aromatic N) is 1. The molecule has 21 heavy (non-hydrogen) atoms. The summed E-state index contributed by atoms with van der Waals surface area (Å²) in [6.07, 6.45) is -4.32. The lowest BCUT2D eigenvalue weighted by atomic mass is 10.1.